The molecule has 6 heteroatoms. The smallest absolute Gasteiger partial charge is 0.233 e. The molecule has 1 saturated heterocycles. The summed E-state index contributed by atoms with van der Waals surface area (Å²) in [7, 11) is 0. The standard InChI is InChI=1S/C17H19N3O2S/c1-13-2-3-16(19-10-13)22-14-6-9-20(11-14)17(21)12-23-15-4-7-18-8-5-15/h2-5,7-8,10,14H,6,9,11-12H2,1H3. The summed E-state index contributed by atoms with van der Waals surface area (Å²) in [6.07, 6.45) is 6.14. The molecule has 3 heterocycles. The normalized spacial score (nSPS) is 17.3. The van der Waals surface area contributed by atoms with Crippen LogP contribution in [0.1, 0.15) is 12.0 Å². The number of carbonyl (C=O) groups excluding carboxylic acids is 1. The number of likely N-dealkylation sites (tertiary alicyclic amines) is 1. The van der Waals surface area contributed by atoms with Crippen LogP contribution in [0.25, 0.3) is 0 Å². The molecule has 1 aliphatic rings. The van der Waals surface area contributed by atoms with E-state index < -0.39 is 0 Å². The van der Waals surface area contributed by atoms with Crippen LogP contribution in [0.3, 0.4) is 0 Å². The second-order valence-corrected chi connectivity index (χ2v) is 6.56. The van der Waals surface area contributed by atoms with Crippen LogP contribution in [-0.4, -0.2) is 45.7 Å². The van der Waals surface area contributed by atoms with Gasteiger partial charge in [-0.25, -0.2) is 4.98 Å². The Labute approximate surface area is 140 Å². The molecule has 0 aromatic carbocycles. The number of aromatic nitrogens is 2. The Hall–Kier alpha value is -2.08. The van der Waals surface area contributed by atoms with Gasteiger partial charge in [0, 0.05) is 42.5 Å². The maximum atomic E-state index is 12.3. The lowest BCUT2D eigenvalue weighted by Gasteiger charge is -2.16. The lowest BCUT2D eigenvalue weighted by molar-refractivity contribution is -0.127. The van der Waals surface area contributed by atoms with Crippen LogP contribution in [0, 0.1) is 6.92 Å². The van der Waals surface area contributed by atoms with Crippen molar-refractivity contribution in [3.05, 3.63) is 48.4 Å². The Kier molecular flexibility index (Phi) is 5.12. The van der Waals surface area contributed by atoms with Crippen molar-refractivity contribution >= 4 is 17.7 Å². The van der Waals surface area contributed by atoms with E-state index in [1.807, 2.05) is 36.1 Å². The Morgan fingerprint density at radius 1 is 1.35 bits per heavy atom. The van der Waals surface area contributed by atoms with E-state index in [-0.39, 0.29) is 12.0 Å². The maximum absolute atomic E-state index is 12.3. The zero-order valence-electron chi connectivity index (χ0n) is 13.0. The highest BCUT2D eigenvalue weighted by molar-refractivity contribution is 8.00. The summed E-state index contributed by atoms with van der Waals surface area (Å²) in [4.78, 5) is 23.4. The molecular weight excluding hydrogens is 310 g/mol. The third kappa shape index (κ3) is 4.45. The molecule has 0 aliphatic carbocycles. The van der Waals surface area contributed by atoms with E-state index in [2.05, 4.69) is 9.97 Å². The first-order chi connectivity index (χ1) is 11.2. The van der Waals surface area contributed by atoms with Gasteiger partial charge in [0.2, 0.25) is 11.8 Å². The molecule has 1 atom stereocenters. The minimum absolute atomic E-state index is 0.0279. The third-order valence-corrected chi connectivity index (χ3v) is 4.68. The topological polar surface area (TPSA) is 55.3 Å². The Balaban J connectivity index is 1.47. The summed E-state index contributed by atoms with van der Waals surface area (Å²) in [5, 5.41) is 0. The molecule has 0 radical (unpaired) electrons. The van der Waals surface area contributed by atoms with E-state index in [1.54, 1.807) is 18.6 Å². The quantitative estimate of drug-likeness (QED) is 0.789. The predicted octanol–water partition coefficient (Wildman–Crippen LogP) is 2.56. The van der Waals surface area contributed by atoms with Crippen molar-refractivity contribution < 1.29 is 9.53 Å². The zero-order valence-corrected chi connectivity index (χ0v) is 13.8. The SMILES string of the molecule is Cc1ccc(OC2CCN(C(=O)CSc3ccncc3)C2)nc1. The summed E-state index contributed by atoms with van der Waals surface area (Å²) in [5.74, 6) is 1.22. The molecule has 3 rings (SSSR count). The Morgan fingerprint density at radius 2 is 2.17 bits per heavy atom. The molecule has 2 aromatic rings. The fraction of sp³-hybridized carbons (Fsp3) is 0.353. The molecule has 5 nitrogen and oxygen atoms in total. The summed E-state index contributed by atoms with van der Waals surface area (Å²) < 4.78 is 5.85. The first-order valence-corrected chi connectivity index (χ1v) is 8.59. The van der Waals surface area contributed by atoms with Crippen LogP contribution >= 0.6 is 11.8 Å². The number of carbonyl (C=O) groups is 1. The van der Waals surface area contributed by atoms with Crippen molar-refractivity contribution in [1.82, 2.24) is 14.9 Å². The van der Waals surface area contributed by atoms with Gasteiger partial charge in [0.25, 0.3) is 0 Å². The summed E-state index contributed by atoms with van der Waals surface area (Å²) in [6, 6.07) is 7.68. The molecule has 1 amide bonds. The van der Waals surface area contributed by atoms with E-state index in [9.17, 15) is 4.79 Å². The second-order valence-electron chi connectivity index (χ2n) is 5.51. The van der Waals surface area contributed by atoms with E-state index in [0.717, 1.165) is 23.4 Å². The van der Waals surface area contributed by atoms with Crippen LogP contribution in [-0.2, 0) is 4.79 Å². The van der Waals surface area contributed by atoms with Gasteiger partial charge in [0.15, 0.2) is 0 Å². The van der Waals surface area contributed by atoms with Crippen molar-refractivity contribution in [2.24, 2.45) is 0 Å². The number of ether oxygens (including phenoxy) is 1. The van der Waals surface area contributed by atoms with Gasteiger partial charge in [-0.3, -0.25) is 9.78 Å². The van der Waals surface area contributed by atoms with Gasteiger partial charge >= 0.3 is 0 Å². The summed E-state index contributed by atoms with van der Waals surface area (Å²) in [6.45, 7) is 3.37. The van der Waals surface area contributed by atoms with Gasteiger partial charge < -0.3 is 9.64 Å². The molecule has 1 unspecified atom stereocenters. The molecule has 120 valence electrons. The first kappa shape index (κ1) is 15.8. The van der Waals surface area contributed by atoms with E-state index >= 15 is 0 Å². The largest absolute Gasteiger partial charge is 0.472 e. The van der Waals surface area contributed by atoms with Crippen molar-refractivity contribution in [2.75, 3.05) is 18.8 Å². The van der Waals surface area contributed by atoms with Crippen LogP contribution in [0.4, 0.5) is 0 Å². The first-order valence-electron chi connectivity index (χ1n) is 7.60. The van der Waals surface area contributed by atoms with Gasteiger partial charge in [-0.2, -0.15) is 0 Å². The fourth-order valence-electron chi connectivity index (χ4n) is 2.42. The van der Waals surface area contributed by atoms with Gasteiger partial charge in [-0.15, -0.1) is 11.8 Å². The van der Waals surface area contributed by atoms with Crippen molar-refractivity contribution in [3.63, 3.8) is 0 Å². The van der Waals surface area contributed by atoms with Crippen LogP contribution in [0.5, 0.6) is 5.88 Å². The van der Waals surface area contributed by atoms with E-state index in [1.165, 1.54) is 11.8 Å². The molecular formula is C17H19N3O2S. The average Bonchev–Trinajstić information content (AvgIpc) is 3.04. The number of hydrogen-bond acceptors (Lipinski definition) is 5. The lowest BCUT2D eigenvalue weighted by Crippen LogP contribution is -2.32. The Morgan fingerprint density at radius 3 is 2.91 bits per heavy atom. The number of amides is 1. The molecule has 0 bridgehead atoms. The molecule has 0 N–H and O–H groups in total. The predicted molar refractivity (Wildman–Crippen MR) is 89.5 cm³/mol. The number of rotatable bonds is 5. The number of nitrogens with zero attached hydrogens (tertiary/aromatic N) is 3. The third-order valence-electron chi connectivity index (χ3n) is 3.68. The highest BCUT2D eigenvalue weighted by Gasteiger charge is 2.27. The number of aryl methyl sites for hydroxylation is 1. The van der Waals surface area contributed by atoms with Gasteiger partial charge in [-0.1, -0.05) is 6.07 Å². The average molecular weight is 329 g/mol. The number of pyridine rings is 2. The maximum Gasteiger partial charge on any atom is 0.233 e. The molecule has 1 aliphatic heterocycles. The zero-order chi connectivity index (χ0) is 16.1. The van der Waals surface area contributed by atoms with E-state index in [4.69, 9.17) is 4.74 Å². The van der Waals surface area contributed by atoms with E-state index in [0.29, 0.717) is 18.2 Å². The highest BCUT2D eigenvalue weighted by atomic mass is 32.2. The second kappa shape index (κ2) is 7.46. The highest BCUT2D eigenvalue weighted by Crippen LogP contribution is 2.20. The van der Waals surface area contributed by atoms with Crippen molar-refractivity contribution in [1.29, 1.82) is 0 Å². The molecule has 1 fully saturated rings. The molecule has 2 aromatic heterocycles. The van der Waals surface area contributed by atoms with Crippen molar-refractivity contribution in [3.8, 4) is 5.88 Å². The van der Waals surface area contributed by atoms with Crippen LogP contribution in [0.2, 0.25) is 0 Å². The van der Waals surface area contributed by atoms with Gasteiger partial charge in [0.1, 0.15) is 6.10 Å². The van der Waals surface area contributed by atoms with Gasteiger partial charge in [-0.05, 0) is 24.6 Å². The van der Waals surface area contributed by atoms with Crippen molar-refractivity contribution in [2.45, 2.75) is 24.3 Å². The van der Waals surface area contributed by atoms with Gasteiger partial charge in [0.05, 0.1) is 12.3 Å². The minimum atomic E-state index is 0.0279. The number of thioether (sulfide) groups is 1. The number of hydrogen-bond donors (Lipinski definition) is 0. The molecule has 0 saturated carbocycles. The fourth-order valence-corrected chi connectivity index (χ4v) is 3.20. The lowest BCUT2D eigenvalue weighted by atomic mass is 10.3. The minimum Gasteiger partial charge on any atom is -0.472 e. The molecule has 0 spiro atoms. The van der Waals surface area contributed by atoms with Crippen LogP contribution in [0.15, 0.2) is 47.8 Å². The summed E-state index contributed by atoms with van der Waals surface area (Å²) in [5.41, 5.74) is 1.11. The molecule has 23 heavy (non-hydrogen) atoms. The van der Waals surface area contributed by atoms with Crippen LogP contribution < -0.4 is 4.74 Å². The Bertz CT molecular complexity index is 649. The summed E-state index contributed by atoms with van der Waals surface area (Å²) >= 11 is 1.54. The monoisotopic (exact) mass is 329 g/mol.